The van der Waals surface area contributed by atoms with Crippen LogP contribution in [0.25, 0.3) is 0 Å². The van der Waals surface area contributed by atoms with Gasteiger partial charge in [0, 0.05) is 19.3 Å². The van der Waals surface area contributed by atoms with Crippen molar-refractivity contribution in [3.63, 3.8) is 0 Å². The van der Waals surface area contributed by atoms with Crippen molar-refractivity contribution in [2.75, 3.05) is 13.2 Å². The maximum absolute atomic E-state index is 12.8. The van der Waals surface area contributed by atoms with Crippen LogP contribution in [-0.4, -0.2) is 37.2 Å². The monoisotopic (exact) mass is 903 g/mol. The summed E-state index contributed by atoms with van der Waals surface area (Å²) in [6.45, 7) is 6.47. The van der Waals surface area contributed by atoms with E-state index in [-0.39, 0.29) is 31.1 Å². The molecule has 0 saturated heterocycles. The first kappa shape index (κ1) is 61.3. The van der Waals surface area contributed by atoms with Crippen molar-refractivity contribution in [1.29, 1.82) is 0 Å². The molecule has 1 unspecified atom stereocenters. The summed E-state index contributed by atoms with van der Waals surface area (Å²) in [5.74, 6) is -0.952. The van der Waals surface area contributed by atoms with E-state index in [1.165, 1.54) is 89.9 Å². The Morgan fingerprint density at radius 2 is 0.600 bits per heavy atom. The normalized spacial score (nSPS) is 12.8. The van der Waals surface area contributed by atoms with Gasteiger partial charge < -0.3 is 14.2 Å². The highest BCUT2D eigenvalue weighted by Crippen LogP contribution is 2.14. The minimum absolute atomic E-state index is 0.0996. The quantitative estimate of drug-likeness (QED) is 0.0199. The average Bonchev–Trinajstić information content (AvgIpc) is 3.30. The van der Waals surface area contributed by atoms with Crippen molar-refractivity contribution >= 4 is 17.9 Å². The molecule has 0 aromatic rings. The highest BCUT2D eigenvalue weighted by atomic mass is 16.6. The van der Waals surface area contributed by atoms with Gasteiger partial charge >= 0.3 is 17.9 Å². The number of unbranched alkanes of at least 4 members (excludes halogenated alkanes) is 25. The van der Waals surface area contributed by atoms with E-state index in [4.69, 9.17) is 14.2 Å². The zero-order valence-electron chi connectivity index (χ0n) is 42.2. The Bertz CT molecular complexity index is 1310. The van der Waals surface area contributed by atoms with Crippen LogP contribution in [0, 0.1) is 0 Å². The molecule has 65 heavy (non-hydrogen) atoms. The topological polar surface area (TPSA) is 78.9 Å². The second kappa shape index (κ2) is 52.9. The molecule has 0 N–H and O–H groups in total. The van der Waals surface area contributed by atoms with Crippen LogP contribution in [0.15, 0.2) is 97.2 Å². The molecule has 6 nitrogen and oxygen atoms in total. The van der Waals surface area contributed by atoms with Gasteiger partial charge in [-0.2, -0.15) is 0 Å². The van der Waals surface area contributed by atoms with Crippen LogP contribution in [0.2, 0.25) is 0 Å². The summed E-state index contributed by atoms with van der Waals surface area (Å²) in [6, 6.07) is 0. The van der Waals surface area contributed by atoms with E-state index in [1.807, 2.05) is 24.3 Å². The van der Waals surface area contributed by atoms with Crippen LogP contribution in [-0.2, 0) is 28.6 Å². The Labute approximate surface area is 400 Å². The molecule has 0 radical (unpaired) electrons. The lowest BCUT2D eigenvalue weighted by Crippen LogP contribution is -2.30. The molecule has 0 fully saturated rings. The van der Waals surface area contributed by atoms with Crippen molar-refractivity contribution in [3.8, 4) is 0 Å². The summed E-state index contributed by atoms with van der Waals surface area (Å²) >= 11 is 0. The van der Waals surface area contributed by atoms with Gasteiger partial charge in [0.2, 0.25) is 0 Å². The standard InChI is InChI=1S/C59H98O6/c1-4-7-10-13-16-19-22-25-28-29-30-32-34-37-40-43-46-49-52-58(61)64-55-56(54-63-57(60)51-48-45-42-39-36-33-27-24-21-18-15-12-9-6-3)65-59(62)53-50-47-44-41-38-35-31-26-23-20-17-14-11-8-5-2/h10,13,16-17,19-20,22-23,25-26,28-30,32-33,36,56H,4-9,11-12,14-15,18,21,24,27,31,34-35,37-55H2,1-3H3/b13-10-,19-16-,20-17-,25-22-,26-23-,29-28-,32-30-,36-33-. The van der Waals surface area contributed by atoms with E-state index in [0.717, 1.165) is 109 Å². The second-order valence-electron chi connectivity index (χ2n) is 17.6. The van der Waals surface area contributed by atoms with Crippen molar-refractivity contribution in [1.82, 2.24) is 0 Å². The van der Waals surface area contributed by atoms with E-state index < -0.39 is 6.10 Å². The SMILES string of the molecule is CCC\C=C/C=C\C=C/C=C\C=C/CCCCCCCC(=O)OCC(COC(=O)CCCCC/C=C\CCCCCCCCC)OC(=O)CCCCCCCC/C=C\C=C/CCCCC. The Kier molecular flexibility index (Phi) is 50.0. The van der Waals surface area contributed by atoms with Crippen LogP contribution in [0.5, 0.6) is 0 Å². The van der Waals surface area contributed by atoms with Gasteiger partial charge in [-0.25, -0.2) is 0 Å². The summed E-state index contributed by atoms with van der Waals surface area (Å²) in [5.41, 5.74) is 0. The lowest BCUT2D eigenvalue weighted by atomic mass is 10.1. The lowest BCUT2D eigenvalue weighted by molar-refractivity contribution is -0.167. The molecule has 0 aromatic heterocycles. The van der Waals surface area contributed by atoms with Crippen LogP contribution in [0.4, 0.5) is 0 Å². The van der Waals surface area contributed by atoms with Gasteiger partial charge in [-0.1, -0.05) is 227 Å². The minimum atomic E-state index is -0.801. The van der Waals surface area contributed by atoms with Crippen molar-refractivity contribution < 1.29 is 28.6 Å². The van der Waals surface area contributed by atoms with Crippen LogP contribution in [0.3, 0.4) is 0 Å². The van der Waals surface area contributed by atoms with Gasteiger partial charge in [0.25, 0.3) is 0 Å². The number of hydrogen-bond acceptors (Lipinski definition) is 6. The van der Waals surface area contributed by atoms with E-state index in [2.05, 4.69) is 93.7 Å². The summed E-state index contributed by atoms with van der Waals surface area (Å²) in [5, 5.41) is 0. The molecule has 1 atom stereocenters. The van der Waals surface area contributed by atoms with E-state index >= 15 is 0 Å². The fourth-order valence-corrected chi connectivity index (χ4v) is 7.10. The van der Waals surface area contributed by atoms with Crippen molar-refractivity contribution in [3.05, 3.63) is 97.2 Å². The minimum Gasteiger partial charge on any atom is -0.462 e. The molecular formula is C59H98O6. The summed E-state index contributed by atoms with van der Waals surface area (Å²) in [4.78, 5) is 38.0. The molecule has 0 rings (SSSR count). The number of ether oxygens (including phenoxy) is 3. The first-order valence-electron chi connectivity index (χ1n) is 26.8. The van der Waals surface area contributed by atoms with Crippen LogP contribution in [0.1, 0.15) is 239 Å². The van der Waals surface area contributed by atoms with E-state index in [0.29, 0.717) is 19.3 Å². The molecule has 0 aromatic carbocycles. The maximum atomic E-state index is 12.8. The number of carbonyl (C=O) groups excluding carboxylic acids is 3. The van der Waals surface area contributed by atoms with Gasteiger partial charge in [0.1, 0.15) is 13.2 Å². The molecule has 370 valence electrons. The number of esters is 3. The van der Waals surface area contributed by atoms with E-state index in [1.54, 1.807) is 0 Å². The summed E-state index contributed by atoms with van der Waals surface area (Å²) in [6.07, 6.45) is 69.5. The third-order valence-electron chi connectivity index (χ3n) is 11.2. The number of carbonyl (C=O) groups is 3. The Balaban J connectivity index is 4.49. The molecule has 0 bridgehead atoms. The predicted molar refractivity (Wildman–Crippen MR) is 279 cm³/mol. The highest BCUT2D eigenvalue weighted by Gasteiger charge is 2.19. The average molecular weight is 903 g/mol. The Morgan fingerprint density at radius 3 is 1.03 bits per heavy atom. The maximum Gasteiger partial charge on any atom is 0.306 e. The lowest BCUT2D eigenvalue weighted by Gasteiger charge is -2.18. The van der Waals surface area contributed by atoms with Crippen LogP contribution < -0.4 is 0 Å². The van der Waals surface area contributed by atoms with Gasteiger partial charge in [-0.15, -0.1) is 0 Å². The van der Waals surface area contributed by atoms with Gasteiger partial charge in [-0.3, -0.25) is 14.4 Å². The molecule has 0 aliphatic carbocycles. The van der Waals surface area contributed by atoms with E-state index in [9.17, 15) is 14.4 Å². The molecule has 0 amide bonds. The summed E-state index contributed by atoms with van der Waals surface area (Å²) < 4.78 is 16.8. The van der Waals surface area contributed by atoms with Gasteiger partial charge in [-0.05, 0) is 89.9 Å². The fourth-order valence-electron chi connectivity index (χ4n) is 7.10. The first-order chi connectivity index (χ1) is 32.0. The fraction of sp³-hybridized carbons (Fsp3) is 0.678. The zero-order chi connectivity index (χ0) is 47.2. The molecule has 0 spiro atoms. The number of hydrogen-bond donors (Lipinski definition) is 0. The second-order valence-corrected chi connectivity index (χ2v) is 17.6. The highest BCUT2D eigenvalue weighted by molar-refractivity contribution is 5.71. The molecular weight excluding hydrogens is 805 g/mol. The van der Waals surface area contributed by atoms with Crippen LogP contribution >= 0.6 is 0 Å². The predicted octanol–water partition coefficient (Wildman–Crippen LogP) is 17.8. The molecule has 0 heterocycles. The van der Waals surface area contributed by atoms with Crippen molar-refractivity contribution in [2.45, 2.75) is 245 Å². The molecule has 6 heteroatoms. The summed E-state index contributed by atoms with van der Waals surface area (Å²) in [7, 11) is 0. The first-order valence-corrected chi connectivity index (χ1v) is 26.8. The largest absolute Gasteiger partial charge is 0.462 e. The number of allylic oxidation sites excluding steroid dienone is 16. The Morgan fingerprint density at radius 1 is 0.308 bits per heavy atom. The molecule has 0 aliphatic heterocycles. The van der Waals surface area contributed by atoms with Crippen molar-refractivity contribution in [2.24, 2.45) is 0 Å². The number of rotatable bonds is 47. The van der Waals surface area contributed by atoms with Gasteiger partial charge in [0.15, 0.2) is 6.10 Å². The zero-order valence-corrected chi connectivity index (χ0v) is 42.2. The third-order valence-corrected chi connectivity index (χ3v) is 11.2. The molecule has 0 aliphatic rings. The van der Waals surface area contributed by atoms with Gasteiger partial charge in [0.05, 0.1) is 0 Å². The third kappa shape index (κ3) is 51.2. The Hall–Kier alpha value is -3.67. The molecule has 0 saturated carbocycles. The smallest absolute Gasteiger partial charge is 0.306 e.